The van der Waals surface area contributed by atoms with Gasteiger partial charge in [-0.15, -0.1) is 24.0 Å². The number of methoxy groups -OCH3 is 1. The van der Waals surface area contributed by atoms with Crippen molar-refractivity contribution in [3.63, 3.8) is 0 Å². The molecule has 28 heavy (non-hydrogen) atoms. The van der Waals surface area contributed by atoms with Gasteiger partial charge in [-0.2, -0.15) is 13.2 Å². The number of halogens is 4. The number of nitrogens with zero attached hydrogens (tertiary/aromatic N) is 3. The predicted octanol–water partition coefficient (Wildman–Crippen LogP) is 2.97. The van der Waals surface area contributed by atoms with Crippen molar-refractivity contribution >= 4 is 29.9 Å². The lowest BCUT2D eigenvalue weighted by Gasteiger charge is -2.34. The Kier molecular flexibility index (Phi) is 15.3. The molecule has 0 radical (unpaired) electrons. The number of ether oxygens (including phenoxy) is 2. The molecule has 1 aliphatic rings. The molecule has 0 atom stereocenters. The van der Waals surface area contributed by atoms with Crippen LogP contribution in [-0.4, -0.2) is 94.7 Å². The Balaban J connectivity index is 0.00000729. The highest BCUT2D eigenvalue weighted by Crippen LogP contribution is 2.16. The van der Waals surface area contributed by atoms with E-state index in [2.05, 4.69) is 15.2 Å². The Morgan fingerprint density at radius 3 is 2.46 bits per heavy atom. The molecule has 0 aromatic rings. The Morgan fingerprint density at radius 2 is 1.89 bits per heavy atom. The molecule has 6 nitrogen and oxygen atoms in total. The second-order valence-corrected chi connectivity index (χ2v) is 6.85. The van der Waals surface area contributed by atoms with Gasteiger partial charge in [-0.3, -0.25) is 9.89 Å². The summed E-state index contributed by atoms with van der Waals surface area (Å²) in [5.41, 5.74) is 0. The van der Waals surface area contributed by atoms with E-state index in [0.29, 0.717) is 26.1 Å². The maximum Gasteiger partial charge on any atom is 0.401 e. The van der Waals surface area contributed by atoms with Crippen molar-refractivity contribution in [3.8, 4) is 0 Å². The lowest BCUT2D eigenvalue weighted by molar-refractivity contribution is -0.143. The van der Waals surface area contributed by atoms with E-state index in [1.54, 1.807) is 7.11 Å². The molecule has 0 aromatic heterocycles. The van der Waals surface area contributed by atoms with Gasteiger partial charge in [0, 0.05) is 46.5 Å². The number of guanidine groups is 1. The summed E-state index contributed by atoms with van der Waals surface area (Å²) in [5.74, 6) is 0.841. The van der Waals surface area contributed by atoms with Gasteiger partial charge in [-0.1, -0.05) is 0 Å². The molecule has 1 fully saturated rings. The molecule has 1 heterocycles. The van der Waals surface area contributed by atoms with E-state index in [0.717, 1.165) is 51.5 Å². The van der Waals surface area contributed by atoms with Crippen LogP contribution in [-0.2, 0) is 9.47 Å². The van der Waals surface area contributed by atoms with E-state index in [4.69, 9.17) is 9.47 Å². The minimum atomic E-state index is -4.15. The number of likely N-dealkylation sites (tertiary alicyclic amines) is 1. The summed E-state index contributed by atoms with van der Waals surface area (Å²) < 4.78 is 47.9. The molecule has 0 spiro atoms. The van der Waals surface area contributed by atoms with E-state index in [1.165, 1.54) is 11.9 Å². The lowest BCUT2D eigenvalue weighted by Crippen LogP contribution is -2.47. The second kappa shape index (κ2) is 15.5. The molecule has 1 rings (SSSR count). The minimum Gasteiger partial charge on any atom is -0.385 e. The first kappa shape index (κ1) is 27.7. The van der Waals surface area contributed by atoms with Crippen LogP contribution in [0.4, 0.5) is 13.2 Å². The van der Waals surface area contributed by atoms with Crippen LogP contribution in [0.3, 0.4) is 0 Å². The summed E-state index contributed by atoms with van der Waals surface area (Å²) in [6, 6.07) is 0. The predicted molar refractivity (Wildman–Crippen MR) is 117 cm³/mol. The zero-order chi connectivity index (χ0) is 20.1. The van der Waals surface area contributed by atoms with Crippen molar-refractivity contribution in [1.82, 2.24) is 15.1 Å². The summed E-state index contributed by atoms with van der Waals surface area (Å²) in [6.45, 7) is 5.96. The fraction of sp³-hybridized carbons (Fsp3) is 0.944. The summed E-state index contributed by atoms with van der Waals surface area (Å²) in [4.78, 5) is 8.08. The van der Waals surface area contributed by atoms with Gasteiger partial charge in [-0.05, 0) is 46.2 Å². The number of aliphatic imine (C=N–C) groups is 1. The van der Waals surface area contributed by atoms with Crippen molar-refractivity contribution in [2.24, 2.45) is 4.99 Å². The number of alkyl halides is 3. The van der Waals surface area contributed by atoms with Crippen LogP contribution in [0.25, 0.3) is 0 Å². The maximum absolute atomic E-state index is 12.3. The van der Waals surface area contributed by atoms with Crippen molar-refractivity contribution in [2.45, 2.75) is 44.9 Å². The molecule has 10 heteroatoms. The molecule has 168 valence electrons. The second-order valence-electron chi connectivity index (χ2n) is 6.85. The average Bonchev–Trinajstić information content (AvgIpc) is 2.60. The highest BCUT2D eigenvalue weighted by Gasteiger charge is 2.28. The number of hydrogen-bond donors (Lipinski definition) is 1. The summed E-state index contributed by atoms with van der Waals surface area (Å²) in [6.07, 6.45) is -0.471. The SMILES string of the molecule is CCNC(=NCCCN(C)CC(F)(F)F)N1CCC(OCCCOC)CC1.I. The van der Waals surface area contributed by atoms with E-state index < -0.39 is 12.7 Å². The Hall–Kier alpha value is -0.330. The molecule has 0 bridgehead atoms. The fourth-order valence-corrected chi connectivity index (χ4v) is 3.02. The van der Waals surface area contributed by atoms with Gasteiger partial charge in [-0.25, -0.2) is 0 Å². The van der Waals surface area contributed by atoms with Crippen LogP contribution in [0.5, 0.6) is 0 Å². The molecule has 0 saturated carbocycles. The van der Waals surface area contributed by atoms with Gasteiger partial charge in [0.1, 0.15) is 0 Å². The van der Waals surface area contributed by atoms with Crippen LogP contribution in [0.1, 0.15) is 32.6 Å². The monoisotopic (exact) mass is 524 g/mol. The third-order valence-corrected chi connectivity index (χ3v) is 4.33. The molecule has 1 N–H and O–H groups in total. The molecular weight excluding hydrogens is 488 g/mol. The quantitative estimate of drug-likeness (QED) is 0.195. The summed E-state index contributed by atoms with van der Waals surface area (Å²) in [7, 11) is 3.17. The van der Waals surface area contributed by atoms with E-state index in [9.17, 15) is 13.2 Å². The summed E-state index contributed by atoms with van der Waals surface area (Å²) in [5, 5.41) is 3.28. The van der Waals surface area contributed by atoms with Crippen molar-refractivity contribution in [2.75, 3.05) is 66.6 Å². The molecule has 0 aromatic carbocycles. The molecule has 0 unspecified atom stereocenters. The normalized spacial score (nSPS) is 16.4. The first-order chi connectivity index (χ1) is 12.9. The zero-order valence-corrected chi connectivity index (χ0v) is 19.6. The average molecular weight is 524 g/mol. The van der Waals surface area contributed by atoms with Gasteiger partial charge in [0.25, 0.3) is 0 Å². The highest BCUT2D eigenvalue weighted by molar-refractivity contribution is 14.0. The Labute approximate surface area is 184 Å². The number of piperidine rings is 1. The Bertz CT molecular complexity index is 420. The standard InChI is InChI=1S/C18H35F3N4O2.HI/c1-4-22-17(23-9-5-10-24(2)15-18(19,20)21)25-11-7-16(8-12-25)27-14-6-13-26-3;/h16H,4-15H2,1-3H3,(H,22,23);1H. The maximum atomic E-state index is 12.3. The number of rotatable bonds is 11. The van der Waals surface area contributed by atoms with E-state index >= 15 is 0 Å². The van der Waals surface area contributed by atoms with E-state index in [1.807, 2.05) is 6.92 Å². The molecule has 0 amide bonds. The molecular formula is C18H36F3IN4O2. The van der Waals surface area contributed by atoms with Gasteiger partial charge < -0.3 is 19.7 Å². The fourth-order valence-electron chi connectivity index (χ4n) is 3.02. The van der Waals surface area contributed by atoms with Gasteiger partial charge in [0.2, 0.25) is 0 Å². The first-order valence-corrected chi connectivity index (χ1v) is 9.74. The third kappa shape index (κ3) is 13.0. The highest BCUT2D eigenvalue weighted by atomic mass is 127. The van der Waals surface area contributed by atoms with Crippen molar-refractivity contribution < 1.29 is 22.6 Å². The summed E-state index contributed by atoms with van der Waals surface area (Å²) >= 11 is 0. The first-order valence-electron chi connectivity index (χ1n) is 9.74. The van der Waals surface area contributed by atoms with Crippen LogP contribution >= 0.6 is 24.0 Å². The Morgan fingerprint density at radius 1 is 1.21 bits per heavy atom. The van der Waals surface area contributed by atoms with Crippen LogP contribution < -0.4 is 5.32 Å². The van der Waals surface area contributed by atoms with Crippen LogP contribution in [0, 0.1) is 0 Å². The number of hydrogen-bond acceptors (Lipinski definition) is 4. The topological polar surface area (TPSA) is 49.3 Å². The lowest BCUT2D eigenvalue weighted by atomic mass is 10.1. The smallest absolute Gasteiger partial charge is 0.385 e. The van der Waals surface area contributed by atoms with Crippen LogP contribution in [0.15, 0.2) is 4.99 Å². The molecule has 1 aliphatic heterocycles. The van der Waals surface area contributed by atoms with Gasteiger partial charge in [0.15, 0.2) is 5.96 Å². The van der Waals surface area contributed by atoms with E-state index in [-0.39, 0.29) is 30.1 Å². The number of nitrogens with one attached hydrogen (secondary N) is 1. The zero-order valence-electron chi connectivity index (χ0n) is 17.3. The van der Waals surface area contributed by atoms with Crippen molar-refractivity contribution in [1.29, 1.82) is 0 Å². The minimum absolute atomic E-state index is 0. The largest absolute Gasteiger partial charge is 0.401 e. The van der Waals surface area contributed by atoms with Gasteiger partial charge >= 0.3 is 6.18 Å². The molecule has 1 saturated heterocycles. The van der Waals surface area contributed by atoms with Crippen molar-refractivity contribution in [3.05, 3.63) is 0 Å². The third-order valence-electron chi connectivity index (χ3n) is 4.33. The molecule has 0 aliphatic carbocycles. The van der Waals surface area contributed by atoms with Gasteiger partial charge in [0.05, 0.1) is 12.6 Å². The van der Waals surface area contributed by atoms with Crippen LogP contribution in [0.2, 0.25) is 0 Å².